The predicted octanol–water partition coefficient (Wildman–Crippen LogP) is 2.63. The molecule has 3 N–H and O–H groups in total. The molecule has 0 aliphatic heterocycles. The van der Waals surface area contributed by atoms with Gasteiger partial charge in [0.2, 0.25) is 0 Å². The van der Waals surface area contributed by atoms with Crippen LogP contribution >= 0.6 is 0 Å². The Balaban J connectivity index is 2.34. The van der Waals surface area contributed by atoms with Gasteiger partial charge in [0.15, 0.2) is 0 Å². The fourth-order valence-electron chi connectivity index (χ4n) is 3.26. The molecule has 4 nitrogen and oxygen atoms in total. The highest BCUT2D eigenvalue weighted by atomic mass is 16.5. The molecule has 1 saturated carbocycles. The molecule has 1 atom stereocenters. The van der Waals surface area contributed by atoms with Gasteiger partial charge in [-0.15, -0.1) is 0 Å². The minimum Gasteiger partial charge on any atom is -0.373 e. The zero-order valence-corrected chi connectivity index (χ0v) is 12.0. The molecule has 106 valence electrons. The van der Waals surface area contributed by atoms with Crippen molar-refractivity contribution in [3.8, 4) is 0 Å². The van der Waals surface area contributed by atoms with E-state index in [9.17, 15) is 0 Å². The molecule has 1 aromatic rings. The standard InChI is InChI=1S/C15H25N3O/c1-3-19-15(8-5-4-6-9-15)14(18-16)13-11-17-10-7-12(13)2/h7,10-11,14,18H,3-6,8-9,16H2,1-2H3. The normalized spacial score (nSPS) is 20.2. The Morgan fingerprint density at radius 2 is 2.16 bits per heavy atom. The summed E-state index contributed by atoms with van der Waals surface area (Å²) in [5.74, 6) is 5.86. The quantitative estimate of drug-likeness (QED) is 0.633. The highest BCUT2D eigenvalue weighted by Crippen LogP contribution is 2.41. The number of nitrogens with one attached hydrogen (secondary N) is 1. The number of rotatable bonds is 5. The number of hydrazine groups is 1. The lowest BCUT2D eigenvalue weighted by molar-refractivity contribution is -0.0915. The number of aromatic nitrogens is 1. The van der Waals surface area contributed by atoms with E-state index in [1.54, 1.807) is 0 Å². The van der Waals surface area contributed by atoms with Gasteiger partial charge in [-0.05, 0) is 43.9 Å². The molecule has 0 spiro atoms. The van der Waals surface area contributed by atoms with E-state index in [-0.39, 0.29) is 11.6 Å². The molecule has 1 aromatic heterocycles. The molecule has 1 heterocycles. The van der Waals surface area contributed by atoms with Crippen LogP contribution in [0.2, 0.25) is 0 Å². The van der Waals surface area contributed by atoms with Gasteiger partial charge in [-0.3, -0.25) is 10.8 Å². The van der Waals surface area contributed by atoms with Crippen molar-refractivity contribution >= 4 is 0 Å². The molecule has 0 saturated heterocycles. The van der Waals surface area contributed by atoms with E-state index in [1.165, 1.54) is 24.8 Å². The summed E-state index contributed by atoms with van der Waals surface area (Å²) in [6, 6.07) is 2.05. The van der Waals surface area contributed by atoms with Crippen LogP contribution in [0.4, 0.5) is 0 Å². The molecule has 0 aromatic carbocycles. The van der Waals surface area contributed by atoms with Crippen LogP contribution in [0.1, 0.15) is 56.2 Å². The van der Waals surface area contributed by atoms with Crippen molar-refractivity contribution in [2.45, 2.75) is 57.6 Å². The highest BCUT2D eigenvalue weighted by molar-refractivity contribution is 5.28. The van der Waals surface area contributed by atoms with Crippen molar-refractivity contribution in [2.75, 3.05) is 6.61 Å². The van der Waals surface area contributed by atoms with Gasteiger partial charge in [0.1, 0.15) is 0 Å². The molecule has 1 aliphatic carbocycles. The van der Waals surface area contributed by atoms with Gasteiger partial charge in [-0.25, -0.2) is 5.43 Å². The minimum atomic E-state index is -0.185. The molecule has 0 radical (unpaired) electrons. The molecule has 1 unspecified atom stereocenters. The topological polar surface area (TPSA) is 60.2 Å². The van der Waals surface area contributed by atoms with Gasteiger partial charge in [-0.2, -0.15) is 0 Å². The first-order valence-corrected chi connectivity index (χ1v) is 7.24. The van der Waals surface area contributed by atoms with E-state index in [1.807, 2.05) is 18.5 Å². The van der Waals surface area contributed by atoms with E-state index < -0.39 is 0 Å². The minimum absolute atomic E-state index is 0.0152. The van der Waals surface area contributed by atoms with E-state index >= 15 is 0 Å². The van der Waals surface area contributed by atoms with E-state index in [0.717, 1.165) is 25.0 Å². The number of hydrogen-bond donors (Lipinski definition) is 2. The summed E-state index contributed by atoms with van der Waals surface area (Å²) >= 11 is 0. The van der Waals surface area contributed by atoms with Crippen molar-refractivity contribution in [2.24, 2.45) is 5.84 Å². The van der Waals surface area contributed by atoms with Crippen LogP contribution in [0.15, 0.2) is 18.5 Å². The van der Waals surface area contributed by atoms with Crippen molar-refractivity contribution in [3.05, 3.63) is 29.6 Å². The number of ether oxygens (including phenoxy) is 1. The van der Waals surface area contributed by atoms with Gasteiger partial charge in [-0.1, -0.05) is 19.3 Å². The smallest absolute Gasteiger partial charge is 0.0889 e. The first-order chi connectivity index (χ1) is 9.23. The monoisotopic (exact) mass is 263 g/mol. The number of pyridine rings is 1. The van der Waals surface area contributed by atoms with Gasteiger partial charge < -0.3 is 4.74 Å². The van der Waals surface area contributed by atoms with Gasteiger partial charge in [0.25, 0.3) is 0 Å². The number of aryl methyl sites for hydroxylation is 1. The number of hydrogen-bond acceptors (Lipinski definition) is 4. The molecule has 0 amide bonds. The third-order valence-corrected chi connectivity index (χ3v) is 4.22. The second-order valence-electron chi connectivity index (χ2n) is 5.39. The highest BCUT2D eigenvalue weighted by Gasteiger charge is 2.41. The van der Waals surface area contributed by atoms with Gasteiger partial charge in [0, 0.05) is 19.0 Å². The Kier molecular flexibility index (Phi) is 4.91. The Bertz CT molecular complexity index is 397. The van der Waals surface area contributed by atoms with Gasteiger partial charge >= 0.3 is 0 Å². The Morgan fingerprint density at radius 1 is 1.42 bits per heavy atom. The first kappa shape index (κ1) is 14.4. The molecule has 0 bridgehead atoms. The summed E-state index contributed by atoms with van der Waals surface area (Å²) in [5.41, 5.74) is 5.17. The molecule has 4 heteroatoms. The van der Waals surface area contributed by atoms with Crippen molar-refractivity contribution < 1.29 is 4.74 Å². The predicted molar refractivity (Wildman–Crippen MR) is 76.5 cm³/mol. The third-order valence-electron chi connectivity index (χ3n) is 4.22. The van der Waals surface area contributed by atoms with Crippen LogP contribution in [0, 0.1) is 6.92 Å². The Morgan fingerprint density at radius 3 is 2.74 bits per heavy atom. The average Bonchev–Trinajstić information content (AvgIpc) is 2.43. The third kappa shape index (κ3) is 2.96. The van der Waals surface area contributed by atoms with Crippen LogP contribution in [0.3, 0.4) is 0 Å². The summed E-state index contributed by atoms with van der Waals surface area (Å²) in [4.78, 5) is 4.25. The van der Waals surface area contributed by atoms with Crippen LogP contribution in [-0.4, -0.2) is 17.2 Å². The van der Waals surface area contributed by atoms with Crippen molar-refractivity contribution in [3.63, 3.8) is 0 Å². The number of nitrogens with two attached hydrogens (primary N) is 1. The molecule has 1 aliphatic rings. The summed E-state index contributed by atoms with van der Waals surface area (Å²) < 4.78 is 6.16. The van der Waals surface area contributed by atoms with E-state index in [4.69, 9.17) is 10.6 Å². The summed E-state index contributed by atoms with van der Waals surface area (Å²) in [6.45, 7) is 4.88. The largest absolute Gasteiger partial charge is 0.373 e. The maximum absolute atomic E-state index is 6.16. The Hall–Kier alpha value is -0.970. The molecule has 19 heavy (non-hydrogen) atoms. The molecular weight excluding hydrogens is 238 g/mol. The first-order valence-electron chi connectivity index (χ1n) is 7.24. The van der Waals surface area contributed by atoms with E-state index in [0.29, 0.717) is 0 Å². The Labute approximate surface area is 115 Å². The zero-order chi connectivity index (χ0) is 13.7. The maximum Gasteiger partial charge on any atom is 0.0889 e. The average molecular weight is 263 g/mol. The van der Waals surface area contributed by atoms with Crippen LogP contribution in [-0.2, 0) is 4.74 Å². The molecule has 2 rings (SSSR count). The van der Waals surface area contributed by atoms with Crippen LogP contribution < -0.4 is 11.3 Å². The lowest BCUT2D eigenvalue weighted by atomic mass is 9.76. The fourth-order valence-corrected chi connectivity index (χ4v) is 3.26. The number of nitrogens with zero attached hydrogens (tertiary/aromatic N) is 1. The molecule has 1 fully saturated rings. The summed E-state index contributed by atoms with van der Waals surface area (Å²) in [7, 11) is 0. The second-order valence-corrected chi connectivity index (χ2v) is 5.39. The van der Waals surface area contributed by atoms with Gasteiger partial charge in [0.05, 0.1) is 11.6 Å². The summed E-state index contributed by atoms with van der Waals surface area (Å²) in [6.07, 6.45) is 9.55. The van der Waals surface area contributed by atoms with E-state index in [2.05, 4.69) is 24.3 Å². The SMILES string of the molecule is CCOC1(C(NN)c2cnccc2C)CCCCC1. The van der Waals surface area contributed by atoms with Crippen molar-refractivity contribution in [1.82, 2.24) is 10.4 Å². The van der Waals surface area contributed by atoms with Crippen molar-refractivity contribution in [1.29, 1.82) is 0 Å². The summed E-state index contributed by atoms with van der Waals surface area (Å²) in [5, 5.41) is 0. The fraction of sp³-hybridized carbons (Fsp3) is 0.667. The maximum atomic E-state index is 6.16. The zero-order valence-electron chi connectivity index (χ0n) is 12.0. The van der Waals surface area contributed by atoms with Crippen LogP contribution in [0.5, 0.6) is 0 Å². The van der Waals surface area contributed by atoms with Crippen LogP contribution in [0.25, 0.3) is 0 Å². The molecular formula is C15H25N3O. The second kappa shape index (κ2) is 6.46. The lowest BCUT2D eigenvalue weighted by Gasteiger charge is -2.43. The lowest BCUT2D eigenvalue weighted by Crippen LogP contribution is -2.50.